The zero-order chi connectivity index (χ0) is 11.3. The minimum Gasteiger partial charge on any atom is -0.305 e. The predicted octanol–water partition coefficient (Wildman–Crippen LogP) is 4.35. The van der Waals surface area contributed by atoms with E-state index in [1.807, 2.05) is 13.0 Å². The van der Waals surface area contributed by atoms with Gasteiger partial charge in [0.05, 0.1) is 0 Å². The molecular formula is C14H23N. The first-order valence-electron chi connectivity index (χ1n) is 6.03. The molecule has 0 spiro atoms. The third-order valence-corrected chi connectivity index (χ3v) is 3.45. The van der Waals surface area contributed by atoms with E-state index in [0.29, 0.717) is 5.92 Å². The van der Waals surface area contributed by atoms with Crippen molar-refractivity contribution in [3.05, 3.63) is 24.3 Å². The number of hydrogen-bond donors (Lipinski definition) is 1. The van der Waals surface area contributed by atoms with Gasteiger partial charge in [0.15, 0.2) is 0 Å². The van der Waals surface area contributed by atoms with Gasteiger partial charge in [0, 0.05) is 5.71 Å². The lowest BCUT2D eigenvalue weighted by Gasteiger charge is -2.17. The van der Waals surface area contributed by atoms with Gasteiger partial charge < -0.3 is 5.41 Å². The monoisotopic (exact) mass is 205 g/mol. The molecule has 0 unspecified atom stereocenters. The highest BCUT2D eigenvalue weighted by Crippen LogP contribution is 2.31. The van der Waals surface area contributed by atoms with Crippen LogP contribution >= 0.6 is 0 Å². The van der Waals surface area contributed by atoms with E-state index in [1.54, 1.807) is 6.08 Å². The van der Waals surface area contributed by atoms with Crippen molar-refractivity contribution in [1.82, 2.24) is 0 Å². The molecule has 1 saturated carbocycles. The highest BCUT2D eigenvalue weighted by molar-refractivity contribution is 5.98. The van der Waals surface area contributed by atoms with Crippen LogP contribution in [0.15, 0.2) is 24.3 Å². The van der Waals surface area contributed by atoms with Gasteiger partial charge in [0.1, 0.15) is 0 Å². The average molecular weight is 205 g/mol. The zero-order valence-electron chi connectivity index (χ0n) is 10.1. The summed E-state index contributed by atoms with van der Waals surface area (Å²) < 4.78 is 0. The van der Waals surface area contributed by atoms with Crippen LogP contribution in [0.1, 0.15) is 46.0 Å². The van der Waals surface area contributed by atoms with Crippen LogP contribution in [-0.2, 0) is 0 Å². The molecule has 0 aromatic heterocycles. The topological polar surface area (TPSA) is 23.9 Å². The van der Waals surface area contributed by atoms with E-state index in [9.17, 15) is 0 Å². The average Bonchev–Trinajstić information content (AvgIpc) is 2.69. The predicted molar refractivity (Wildman–Crippen MR) is 67.4 cm³/mol. The van der Waals surface area contributed by atoms with Crippen LogP contribution in [0.3, 0.4) is 0 Å². The summed E-state index contributed by atoms with van der Waals surface area (Å²) in [6.07, 6.45) is 10.4. The van der Waals surface area contributed by atoms with Gasteiger partial charge in [0.25, 0.3) is 0 Å². The number of hydrogen-bond acceptors (Lipinski definition) is 1. The van der Waals surface area contributed by atoms with Gasteiger partial charge in [-0.15, -0.1) is 0 Å². The Bertz CT molecular complexity index is 257. The van der Waals surface area contributed by atoms with Crippen LogP contribution in [0, 0.1) is 17.2 Å². The lowest BCUT2D eigenvalue weighted by atomic mass is 9.88. The van der Waals surface area contributed by atoms with Crippen molar-refractivity contribution in [3.8, 4) is 0 Å². The van der Waals surface area contributed by atoms with Crippen molar-refractivity contribution in [2.24, 2.45) is 11.8 Å². The van der Waals surface area contributed by atoms with E-state index in [0.717, 1.165) is 17.2 Å². The smallest absolute Gasteiger partial charge is 0.0371 e. The minimum atomic E-state index is 0.407. The quantitative estimate of drug-likeness (QED) is 0.509. The van der Waals surface area contributed by atoms with E-state index in [1.165, 1.54) is 32.1 Å². The molecule has 0 radical (unpaired) electrons. The molecule has 1 N–H and O–H groups in total. The molecule has 1 aliphatic carbocycles. The molecule has 1 nitrogen and oxygen atoms in total. The highest BCUT2D eigenvalue weighted by Gasteiger charge is 2.20. The third-order valence-electron chi connectivity index (χ3n) is 3.45. The Morgan fingerprint density at radius 2 is 2.07 bits per heavy atom. The molecule has 0 aromatic rings. The molecular weight excluding hydrogens is 182 g/mol. The van der Waals surface area contributed by atoms with Gasteiger partial charge in [0.2, 0.25) is 0 Å². The molecule has 1 aliphatic rings. The summed E-state index contributed by atoms with van der Waals surface area (Å²) in [5.41, 5.74) is 1.86. The van der Waals surface area contributed by atoms with Crippen LogP contribution in [0.2, 0.25) is 0 Å². The number of allylic oxidation sites excluding steroid dienone is 3. The van der Waals surface area contributed by atoms with E-state index in [-0.39, 0.29) is 0 Å². The second kappa shape index (κ2) is 5.89. The maximum Gasteiger partial charge on any atom is 0.0371 e. The SMILES string of the molecule is C=C/C=C(\C)C(=N)[C@H](C)CC1CCCC1. The lowest BCUT2D eigenvalue weighted by Crippen LogP contribution is -2.14. The Hall–Kier alpha value is -0.850. The van der Waals surface area contributed by atoms with Gasteiger partial charge in [-0.1, -0.05) is 51.3 Å². The normalized spacial score (nSPS) is 20.3. The second-order valence-corrected chi connectivity index (χ2v) is 4.79. The van der Waals surface area contributed by atoms with Crippen molar-refractivity contribution in [2.45, 2.75) is 46.0 Å². The molecule has 1 heteroatoms. The molecule has 0 saturated heterocycles. The van der Waals surface area contributed by atoms with Crippen molar-refractivity contribution in [2.75, 3.05) is 0 Å². The van der Waals surface area contributed by atoms with E-state index >= 15 is 0 Å². The summed E-state index contributed by atoms with van der Waals surface area (Å²) >= 11 is 0. The third kappa shape index (κ3) is 3.65. The molecule has 0 amide bonds. The largest absolute Gasteiger partial charge is 0.305 e. The Kier molecular flexibility index (Phi) is 4.80. The first kappa shape index (κ1) is 12.2. The summed E-state index contributed by atoms with van der Waals surface area (Å²) in [7, 11) is 0. The van der Waals surface area contributed by atoms with Crippen molar-refractivity contribution >= 4 is 5.71 Å². The fourth-order valence-corrected chi connectivity index (χ4v) is 2.52. The summed E-state index contributed by atoms with van der Waals surface area (Å²) in [6.45, 7) is 7.86. The molecule has 15 heavy (non-hydrogen) atoms. The molecule has 0 heterocycles. The van der Waals surface area contributed by atoms with Crippen LogP contribution in [-0.4, -0.2) is 5.71 Å². The van der Waals surface area contributed by atoms with Crippen molar-refractivity contribution in [3.63, 3.8) is 0 Å². The van der Waals surface area contributed by atoms with Crippen LogP contribution in [0.4, 0.5) is 0 Å². The minimum absolute atomic E-state index is 0.407. The number of rotatable bonds is 5. The van der Waals surface area contributed by atoms with E-state index < -0.39 is 0 Å². The van der Waals surface area contributed by atoms with Gasteiger partial charge in [-0.3, -0.25) is 0 Å². The van der Waals surface area contributed by atoms with Crippen molar-refractivity contribution in [1.29, 1.82) is 5.41 Å². The Labute approximate surface area is 93.8 Å². The van der Waals surface area contributed by atoms with Gasteiger partial charge in [-0.05, 0) is 30.8 Å². The summed E-state index contributed by atoms with van der Waals surface area (Å²) in [4.78, 5) is 0. The van der Waals surface area contributed by atoms with Gasteiger partial charge >= 0.3 is 0 Å². The lowest BCUT2D eigenvalue weighted by molar-refractivity contribution is 0.457. The Balaban J connectivity index is 2.44. The molecule has 0 aromatic carbocycles. The Morgan fingerprint density at radius 1 is 1.47 bits per heavy atom. The van der Waals surface area contributed by atoms with Gasteiger partial charge in [-0.25, -0.2) is 0 Å². The molecule has 0 aliphatic heterocycles. The molecule has 1 rings (SSSR count). The Morgan fingerprint density at radius 3 is 2.60 bits per heavy atom. The van der Waals surface area contributed by atoms with Crippen LogP contribution in [0.25, 0.3) is 0 Å². The summed E-state index contributed by atoms with van der Waals surface area (Å²) in [5, 5.41) is 8.05. The van der Waals surface area contributed by atoms with E-state index in [2.05, 4.69) is 13.5 Å². The zero-order valence-corrected chi connectivity index (χ0v) is 10.1. The number of nitrogens with one attached hydrogen (secondary N) is 1. The fourth-order valence-electron chi connectivity index (χ4n) is 2.52. The van der Waals surface area contributed by atoms with Crippen molar-refractivity contribution < 1.29 is 0 Å². The van der Waals surface area contributed by atoms with E-state index in [4.69, 9.17) is 5.41 Å². The van der Waals surface area contributed by atoms with Gasteiger partial charge in [-0.2, -0.15) is 0 Å². The fraction of sp³-hybridized carbons (Fsp3) is 0.643. The molecule has 84 valence electrons. The molecule has 1 fully saturated rings. The maximum absolute atomic E-state index is 8.05. The highest BCUT2D eigenvalue weighted by atomic mass is 14.4. The van der Waals surface area contributed by atoms with Crippen LogP contribution < -0.4 is 0 Å². The first-order valence-corrected chi connectivity index (χ1v) is 6.03. The molecule has 0 bridgehead atoms. The standard InChI is InChI=1S/C14H23N/c1-4-7-11(2)14(15)12(3)10-13-8-5-6-9-13/h4,7,12-13,15H,1,5-6,8-10H2,2-3H3/b11-7+,15-14?/t12-/m1/s1. The summed E-state index contributed by atoms with van der Waals surface area (Å²) in [6, 6.07) is 0. The summed E-state index contributed by atoms with van der Waals surface area (Å²) in [5.74, 6) is 1.28. The maximum atomic E-state index is 8.05. The first-order chi connectivity index (χ1) is 7.15. The second-order valence-electron chi connectivity index (χ2n) is 4.79. The molecule has 1 atom stereocenters. The van der Waals surface area contributed by atoms with Crippen LogP contribution in [0.5, 0.6) is 0 Å².